The monoisotopic (exact) mass is 253 g/mol. The Bertz CT molecular complexity index is 278. The summed E-state index contributed by atoms with van der Waals surface area (Å²) >= 11 is 0. The van der Waals surface area contributed by atoms with Gasteiger partial charge in [0.1, 0.15) is 0 Å². The zero-order valence-corrected chi connectivity index (χ0v) is 11.5. The molecule has 1 saturated heterocycles. The minimum Gasteiger partial charge on any atom is -0.369 e. The summed E-state index contributed by atoms with van der Waals surface area (Å²) in [6.07, 6.45) is 6.61. The van der Waals surface area contributed by atoms with Crippen LogP contribution in [-0.2, 0) is 4.79 Å². The van der Waals surface area contributed by atoms with Crippen LogP contribution in [0, 0.1) is 11.8 Å². The van der Waals surface area contributed by atoms with E-state index in [-0.39, 0.29) is 5.91 Å². The minimum atomic E-state index is -0.198. The van der Waals surface area contributed by atoms with E-state index in [1.54, 1.807) is 0 Å². The maximum Gasteiger partial charge on any atom is 0.231 e. The van der Waals surface area contributed by atoms with E-state index < -0.39 is 0 Å². The van der Waals surface area contributed by atoms with Gasteiger partial charge in [-0.15, -0.1) is 0 Å². The van der Waals surface area contributed by atoms with E-state index in [4.69, 9.17) is 5.73 Å². The fourth-order valence-electron chi connectivity index (χ4n) is 3.14. The number of hydrogen-bond acceptors (Lipinski definition) is 3. The lowest BCUT2D eigenvalue weighted by Gasteiger charge is -2.37. The molecule has 1 saturated carbocycles. The third-order valence-electron chi connectivity index (χ3n) is 4.04. The van der Waals surface area contributed by atoms with Crippen LogP contribution in [0.5, 0.6) is 0 Å². The fraction of sp³-hybridized carbons (Fsp3) is 0.929. The Morgan fingerprint density at radius 1 is 1.33 bits per heavy atom. The van der Waals surface area contributed by atoms with Crippen LogP contribution in [0.4, 0.5) is 0 Å². The van der Waals surface area contributed by atoms with Crippen molar-refractivity contribution in [3.63, 3.8) is 0 Å². The van der Waals surface area contributed by atoms with Crippen molar-refractivity contribution in [1.82, 2.24) is 10.2 Å². The number of carbonyl (C=O) groups excluding carboxylic acids is 1. The van der Waals surface area contributed by atoms with E-state index in [9.17, 15) is 4.79 Å². The molecule has 1 amide bonds. The highest BCUT2D eigenvalue weighted by Crippen LogP contribution is 2.37. The summed E-state index contributed by atoms with van der Waals surface area (Å²) in [6.45, 7) is 5.73. The predicted octanol–water partition coefficient (Wildman–Crippen LogP) is 0.962. The predicted molar refractivity (Wildman–Crippen MR) is 73.2 cm³/mol. The lowest BCUT2D eigenvalue weighted by Crippen LogP contribution is -2.51. The molecule has 2 aliphatic rings. The summed E-state index contributed by atoms with van der Waals surface area (Å²) in [5.74, 6) is 1.52. The molecule has 2 rings (SSSR count). The summed E-state index contributed by atoms with van der Waals surface area (Å²) < 4.78 is 0. The molecule has 0 bridgehead atoms. The number of nitrogens with zero attached hydrogens (tertiary/aromatic N) is 1. The second kappa shape index (κ2) is 6.53. The normalized spacial score (nSPS) is 29.4. The quantitative estimate of drug-likeness (QED) is 0.710. The minimum absolute atomic E-state index is 0.198. The number of piperidine rings is 1. The van der Waals surface area contributed by atoms with Gasteiger partial charge in [-0.1, -0.05) is 19.8 Å². The van der Waals surface area contributed by atoms with Gasteiger partial charge < -0.3 is 11.1 Å². The van der Waals surface area contributed by atoms with Gasteiger partial charge in [0.2, 0.25) is 5.91 Å². The maximum atomic E-state index is 11.1. The summed E-state index contributed by atoms with van der Waals surface area (Å²) in [6, 6.07) is 0.543. The van der Waals surface area contributed by atoms with E-state index in [2.05, 4.69) is 17.1 Å². The summed E-state index contributed by atoms with van der Waals surface area (Å²) in [5, 5.41) is 3.60. The maximum absolute atomic E-state index is 11.1. The van der Waals surface area contributed by atoms with E-state index in [0.29, 0.717) is 12.6 Å². The Labute approximate surface area is 110 Å². The van der Waals surface area contributed by atoms with Crippen LogP contribution >= 0.6 is 0 Å². The Kier molecular flexibility index (Phi) is 5.01. The van der Waals surface area contributed by atoms with Crippen molar-refractivity contribution in [2.45, 2.75) is 45.1 Å². The van der Waals surface area contributed by atoms with Crippen LogP contribution in [0.1, 0.15) is 39.0 Å². The van der Waals surface area contributed by atoms with Gasteiger partial charge >= 0.3 is 0 Å². The molecule has 0 aromatic heterocycles. The first-order valence-corrected chi connectivity index (χ1v) is 7.41. The van der Waals surface area contributed by atoms with E-state index in [0.717, 1.165) is 31.5 Å². The number of likely N-dealkylation sites (tertiary alicyclic amines) is 1. The molecule has 4 heteroatoms. The van der Waals surface area contributed by atoms with E-state index >= 15 is 0 Å². The first-order chi connectivity index (χ1) is 8.67. The first-order valence-electron chi connectivity index (χ1n) is 7.41. The van der Waals surface area contributed by atoms with Crippen molar-refractivity contribution in [2.24, 2.45) is 17.6 Å². The fourth-order valence-corrected chi connectivity index (χ4v) is 3.14. The molecule has 18 heavy (non-hydrogen) atoms. The number of hydrogen-bond donors (Lipinski definition) is 2. The zero-order chi connectivity index (χ0) is 13.0. The zero-order valence-electron chi connectivity index (χ0n) is 11.5. The second-order valence-electron chi connectivity index (χ2n) is 6.09. The van der Waals surface area contributed by atoms with Crippen molar-refractivity contribution < 1.29 is 4.79 Å². The molecule has 2 fully saturated rings. The highest BCUT2D eigenvalue weighted by molar-refractivity contribution is 5.75. The SMILES string of the molecule is CCCNC1CC(CC2CC2)CN(CC(N)=O)C1. The molecule has 2 unspecified atom stereocenters. The van der Waals surface area contributed by atoms with Gasteiger partial charge in [0.05, 0.1) is 6.54 Å². The lowest BCUT2D eigenvalue weighted by molar-refractivity contribution is -0.119. The summed E-state index contributed by atoms with van der Waals surface area (Å²) in [7, 11) is 0. The highest BCUT2D eigenvalue weighted by atomic mass is 16.1. The van der Waals surface area contributed by atoms with Crippen LogP contribution in [0.25, 0.3) is 0 Å². The van der Waals surface area contributed by atoms with Crippen LogP contribution in [0.15, 0.2) is 0 Å². The van der Waals surface area contributed by atoms with Gasteiger partial charge in [0.15, 0.2) is 0 Å². The number of primary amides is 1. The third-order valence-corrected chi connectivity index (χ3v) is 4.04. The molecule has 0 aromatic carbocycles. The Balaban J connectivity index is 1.84. The lowest BCUT2D eigenvalue weighted by atomic mass is 9.89. The van der Waals surface area contributed by atoms with Gasteiger partial charge in [-0.25, -0.2) is 0 Å². The average Bonchev–Trinajstić information content (AvgIpc) is 3.09. The van der Waals surface area contributed by atoms with Crippen LogP contribution in [0.3, 0.4) is 0 Å². The molecular weight excluding hydrogens is 226 g/mol. The van der Waals surface area contributed by atoms with Crippen molar-refractivity contribution in [1.29, 1.82) is 0 Å². The molecule has 0 radical (unpaired) electrons. The Morgan fingerprint density at radius 2 is 2.11 bits per heavy atom. The van der Waals surface area contributed by atoms with Gasteiger partial charge in [-0.2, -0.15) is 0 Å². The molecule has 104 valence electrons. The number of rotatable bonds is 7. The van der Waals surface area contributed by atoms with Crippen LogP contribution in [0.2, 0.25) is 0 Å². The van der Waals surface area contributed by atoms with Gasteiger partial charge in [-0.05, 0) is 37.6 Å². The van der Waals surface area contributed by atoms with Crippen molar-refractivity contribution in [3.8, 4) is 0 Å². The van der Waals surface area contributed by atoms with Gasteiger partial charge in [-0.3, -0.25) is 9.69 Å². The number of nitrogens with one attached hydrogen (secondary N) is 1. The number of nitrogens with two attached hydrogens (primary N) is 1. The topological polar surface area (TPSA) is 58.4 Å². The summed E-state index contributed by atoms with van der Waals surface area (Å²) in [5.41, 5.74) is 5.33. The van der Waals surface area contributed by atoms with Crippen molar-refractivity contribution >= 4 is 5.91 Å². The van der Waals surface area contributed by atoms with E-state index in [1.807, 2.05) is 0 Å². The molecular formula is C14H27N3O. The van der Waals surface area contributed by atoms with Gasteiger partial charge in [0.25, 0.3) is 0 Å². The molecule has 0 spiro atoms. The second-order valence-corrected chi connectivity index (χ2v) is 6.09. The molecule has 1 aliphatic heterocycles. The third kappa shape index (κ3) is 4.58. The molecule has 0 aromatic rings. The number of amides is 1. The van der Waals surface area contributed by atoms with Crippen LogP contribution < -0.4 is 11.1 Å². The molecule has 1 aliphatic carbocycles. The van der Waals surface area contributed by atoms with Crippen LogP contribution in [-0.4, -0.2) is 43.0 Å². The van der Waals surface area contributed by atoms with Crippen molar-refractivity contribution in [2.75, 3.05) is 26.2 Å². The number of carbonyl (C=O) groups is 1. The smallest absolute Gasteiger partial charge is 0.231 e. The molecule has 1 heterocycles. The van der Waals surface area contributed by atoms with Crippen molar-refractivity contribution in [3.05, 3.63) is 0 Å². The average molecular weight is 253 g/mol. The standard InChI is InChI=1S/C14H27N3O/c1-2-5-16-13-7-12(6-11-3-4-11)8-17(9-13)10-14(15)18/h11-13,16H,2-10H2,1H3,(H2,15,18). The molecule has 2 atom stereocenters. The Hall–Kier alpha value is -0.610. The largest absolute Gasteiger partial charge is 0.369 e. The Morgan fingerprint density at radius 3 is 2.72 bits per heavy atom. The van der Waals surface area contributed by atoms with E-state index in [1.165, 1.54) is 32.1 Å². The first kappa shape index (κ1) is 13.8. The molecule has 3 N–H and O–H groups in total. The molecule has 4 nitrogen and oxygen atoms in total. The highest BCUT2D eigenvalue weighted by Gasteiger charge is 2.32. The van der Waals surface area contributed by atoms with Gasteiger partial charge in [0, 0.05) is 19.1 Å². The summed E-state index contributed by atoms with van der Waals surface area (Å²) in [4.78, 5) is 13.3.